The third kappa shape index (κ3) is 2.96. The van der Waals surface area contributed by atoms with Crippen LogP contribution in [0, 0.1) is 15.9 Å². The monoisotopic (exact) mass is 390 g/mol. The standard InChI is InChI=1S/C21H11FN2O5/c22-11-5-7-12(8-6-11)23-21(27)16-10-9-15-17(18(16)24(28)29)20(26)14-4-2-1-3-13(14)19(15)25/h1-10H,(H,23,27). The van der Waals surface area contributed by atoms with Crippen molar-refractivity contribution in [2.75, 3.05) is 5.32 Å². The number of carbonyl (C=O) groups is 3. The minimum Gasteiger partial charge on any atom is -0.322 e. The van der Waals surface area contributed by atoms with E-state index in [2.05, 4.69) is 5.32 Å². The molecule has 29 heavy (non-hydrogen) atoms. The number of rotatable bonds is 3. The maximum Gasteiger partial charge on any atom is 0.294 e. The fourth-order valence-corrected chi connectivity index (χ4v) is 3.27. The van der Waals surface area contributed by atoms with E-state index in [-0.39, 0.29) is 27.9 Å². The number of nitro benzene ring substituents is 1. The highest BCUT2D eigenvalue weighted by Crippen LogP contribution is 2.35. The van der Waals surface area contributed by atoms with Gasteiger partial charge in [-0.05, 0) is 36.4 Å². The summed E-state index contributed by atoms with van der Waals surface area (Å²) in [6.45, 7) is 0. The molecule has 0 radical (unpaired) electrons. The SMILES string of the molecule is O=C1c2ccccc2C(=O)c2c1ccc(C(=O)Nc1ccc(F)cc1)c2[N+](=O)[O-]. The molecule has 1 aliphatic rings. The van der Waals surface area contributed by atoms with E-state index >= 15 is 0 Å². The van der Waals surface area contributed by atoms with Gasteiger partial charge in [0.2, 0.25) is 5.78 Å². The number of benzene rings is 3. The molecule has 0 bridgehead atoms. The smallest absolute Gasteiger partial charge is 0.294 e. The number of fused-ring (bicyclic) bond motifs is 2. The van der Waals surface area contributed by atoms with Crippen LogP contribution in [0.1, 0.15) is 42.2 Å². The van der Waals surface area contributed by atoms with Crippen LogP contribution in [0.4, 0.5) is 15.8 Å². The van der Waals surface area contributed by atoms with Crippen molar-refractivity contribution in [3.8, 4) is 0 Å². The third-order valence-electron chi connectivity index (χ3n) is 4.60. The molecule has 1 N–H and O–H groups in total. The van der Waals surface area contributed by atoms with Crippen molar-refractivity contribution in [2.24, 2.45) is 0 Å². The van der Waals surface area contributed by atoms with Crippen LogP contribution in [0.5, 0.6) is 0 Å². The van der Waals surface area contributed by atoms with Crippen molar-refractivity contribution in [1.29, 1.82) is 0 Å². The zero-order valence-corrected chi connectivity index (χ0v) is 14.6. The highest BCUT2D eigenvalue weighted by Gasteiger charge is 2.38. The van der Waals surface area contributed by atoms with Crippen LogP contribution < -0.4 is 5.32 Å². The van der Waals surface area contributed by atoms with Crippen molar-refractivity contribution in [2.45, 2.75) is 0 Å². The van der Waals surface area contributed by atoms with Gasteiger partial charge in [0.05, 0.1) is 4.92 Å². The number of ketones is 2. The highest BCUT2D eigenvalue weighted by molar-refractivity contribution is 6.30. The van der Waals surface area contributed by atoms with Gasteiger partial charge in [-0.2, -0.15) is 0 Å². The predicted molar refractivity (Wildman–Crippen MR) is 101 cm³/mol. The van der Waals surface area contributed by atoms with Gasteiger partial charge < -0.3 is 5.32 Å². The predicted octanol–water partition coefficient (Wildman–Crippen LogP) is 3.76. The van der Waals surface area contributed by atoms with Gasteiger partial charge in [-0.25, -0.2) is 4.39 Å². The molecule has 0 spiro atoms. The summed E-state index contributed by atoms with van der Waals surface area (Å²) < 4.78 is 13.0. The molecule has 8 heteroatoms. The molecule has 0 saturated heterocycles. The first-order valence-corrected chi connectivity index (χ1v) is 8.45. The number of amides is 1. The number of halogens is 1. The molecule has 0 saturated carbocycles. The zero-order valence-electron chi connectivity index (χ0n) is 14.6. The van der Waals surface area contributed by atoms with E-state index in [4.69, 9.17) is 0 Å². The van der Waals surface area contributed by atoms with E-state index in [0.29, 0.717) is 0 Å². The molecule has 142 valence electrons. The van der Waals surface area contributed by atoms with Gasteiger partial charge >= 0.3 is 0 Å². The first kappa shape index (κ1) is 18.2. The summed E-state index contributed by atoms with van der Waals surface area (Å²) in [5, 5.41) is 14.2. The number of carbonyl (C=O) groups excluding carboxylic acids is 3. The topological polar surface area (TPSA) is 106 Å². The Morgan fingerprint density at radius 3 is 2.10 bits per heavy atom. The summed E-state index contributed by atoms with van der Waals surface area (Å²) >= 11 is 0. The zero-order chi connectivity index (χ0) is 20.7. The van der Waals surface area contributed by atoms with Gasteiger partial charge in [-0.15, -0.1) is 0 Å². The molecule has 3 aromatic rings. The second kappa shape index (κ2) is 6.75. The molecule has 0 heterocycles. The first-order chi connectivity index (χ1) is 13.9. The molecule has 1 amide bonds. The summed E-state index contributed by atoms with van der Waals surface area (Å²) in [4.78, 5) is 49.2. The Balaban J connectivity index is 1.84. The maximum atomic E-state index is 13.0. The number of nitrogens with one attached hydrogen (secondary N) is 1. The Kier molecular flexibility index (Phi) is 4.23. The average Bonchev–Trinajstić information content (AvgIpc) is 2.72. The van der Waals surface area contributed by atoms with Crippen molar-refractivity contribution in [1.82, 2.24) is 0 Å². The van der Waals surface area contributed by atoms with Crippen LogP contribution >= 0.6 is 0 Å². The molecule has 0 atom stereocenters. The fraction of sp³-hybridized carbons (Fsp3) is 0. The Bertz CT molecular complexity index is 1220. The lowest BCUT2D eigenvalue weighted by atomic mass is 9.82. The summed E-state index contributed by atoms with van der Waals surface area (Å²) in [6.07, 6.45) is 0. The third-order valence-corrected chi connectivity index (χ3v) is 4.60. The normalized spacial score (nSPS) is 12.2. The van der Waals surface area contributed by atoms with Crippen LogP contribution in [0.2, 0.25) is 0 Å². The van der Waals surface area contributed by atoms with Gasteiger partial charge in [-0.1, -0.05) is 24.3 Å². The Morgan fingerprint density at radius 1 is 0.862 bits per heavy atom. The van der Waals surface area contributed by atoms with Crippen molar-refractivity contribution in [3.63, 3.8) is 0 Å². The molecule has 0 fully saturated rings. The lowest BCUT2D eigenvalue weighted by Gasteiger charge is -2.18. The quantitative estimate of drug-likeness (QED) is 0.423. The van der Waals surface area contributed by atoms with E-state index in [9.17, 15) is 28.9 Å². The first-order valence-electron chi connectivity index (χ1n) is 8.45. The van der Waals surface area contributed by atoms with Gasteiger partial charge in [0.15, 0.2) is 5.78 Å². The van der Waals surface area contributed by atoms with Gasteiger partial charge in [0.25, 0.3) is 11.6 Å². The summed E-state index contributed by atoms with van der Waals surface area (Å²) in [5.74, 6) is -2.59. The Labute approximate surface area is 162 Å². The van der Waals surface area contributed by atoms with E-state index in [1.807, 2.05) is 0 Å². The number of nitrogens with zero attached hydrogens (tertiary/aromatic N) is 1. The van der Waals surface area contributed by atoms with Crippen molar-refractivity contribution >= 4 is 28.8 Å². The van der Waals surface area contributed by atoms with Crippen LogP contribution in [-0.2, 0) is 0 Å². The van der Waals surface area contributed by atoms with E-state index in [1.165, 1.54) is 30.3 Å². The maximum absolute atomic E-state index is 13.0. The molecule has 3 aromatic carbocycles. The molecular weight excluding hydrogens is 379 g/mol. The van der Waals surface area contributed by atoms with E-state index < -0.39 is 39.5 Å². The lowest BCUT2D eigenvalue weighted by Crippen LogP contribution is -2.24. The number of anilines is 1. The summed E-state index contributed by atoms with van der Waals surface area (Å²) in [7, 11) is 0. The van der Waals surface area contributed by atoms with E-state index in [0.717, 1.165) is 18.2 Å². The lowest BCUT2D eigenvalue weighted by molar-refractivity contribution is -0.385. The minimum atomic E-state index is -0.856. The molecule has 0 aliphatic heterocycles. The van der Waals surface area contributed by atoms with Gasteiger partial charge in [0.1, 0.15) is 16.9 Å². The van der Waals surface area contributed by atoms with Crippen LogP contribution in [0.15, 0.2) is 60.7 Å². The van der Waals surface area contributed by atoms with Crippen LogP contribution in [0.3, 0.4) is 0 Å². The number of nitro groups is 1. The Morgan fingerprint density at radius 2 is 1.48 bits per heavy atom. The number of hydrogen-bond acceptors (Lipinski definition) is 5. The van der Waals surface area contributed by atoms with Gasteiger partial charge in [0, 0.05) is 22.4 Å². The second-order valence-corrected chi connectivity index (χ2v) is 6.31. The molecule has 0 aromatic heterocycles. The minimum absolute atomic E-state index is 0.0455. The number of hydrogen-bond donors (Lipinski definition) is 1. The average molecular weight is 390 g/mol. The summed E-state index contributed by atoms with van der Waals surface area (Å²) in [5.41, 5.74) is -1.24. The fourth-order valence-electron chi connectivity index (χ4n) is 3.27. The molecule has 4 rings (SSSR count). The Hall–Kier alpha value is -4.20. The van der Waals surface area contributed by atoms with Crippen LogP contribution in [0.25, 0.3) is 0 Å². The highest BCUT2D eigenvalue weighted by atomic mass is 19.1. The van der Waals surface area contributed by atoms with Crippen molar-refractivity contribution < 1.29 is 23.7 Å². The second-order valence-electron chi connectivity index (χ2n) is 6.31. The van der Waals surface area contributed by atoms with Crippen molar-refractivity contribution in [3.05, 3.63) is 104 Å². The van der Waals surface area contributed by atoms with Crippen LogP contribution in [-0.4, -0.2) is 22.4 Å². The largest absolute Gasteiger partial charge is 0.322 e. The molecule has 0 unspecified atom stereocenters. The van der Waals surface area contributed by atoms with E-state index in [1.54, 1.807) is 12.1 Å². The molecular formula is C21H11FN2O5. The molecule has 7 nitrogen and oxygen atoms in total. The van der Waals surface area contributed by atoms with Gasteiger partial charge in [-0.3, -0.25) is 24.5 Å². The summed E-state index contributed by atoms with van der Waals surface area (Å²) in [6, 6.07) is 13.2. The molecule has 1 aliphatic carbocycles.